The summed E-state index contributed by atoms with van der Waals surface area (Å²) in [7, 11) is 0. The Morgan fingerprint density at radius 2 is 2.19 bits per heavy atom. The van der Waals surface area contributed by atoms with E-state index in [4.69, 9.17) is 22.1 Å². The molecule has 0 aliphatic carbocycles. The van der Waals surface area contributed by atoms with Gasteiger partial charge in [-0.15, -0.1) is 0 Å². The number of hydrogen-bond donors (Lipinski definition) is 2. The van der Waals surface area contributed by atoms with Crippen molar-refractivity contribution in [3.63, 3.8) is 0 Å². The number of primary amides is 1. The van der Waals surface area contributed by atoms with E-state index in [1.165, 1.54) is 18.2 Å². The van der Waals surface area contributed by atoms with Gasteiger partial charge in [-0.1, -0.05) is 11.6 Å². The van der Waals surface area contributed by atoms with Crippen LogP contribution >= 0.6 is 11.6 Å². The molecule has 7 nitrogen and oxygen atoms in total. The monoisotopic (exact) mass is 315 g/mol. The Morgan fingerprint density at radius 3 is 2.62 bits per heavy atom. The third-order valence-electron chi connectivity index (χ3n) is 2.79. The van der Waals surface area contributed by atoms with Crippen molar-refractivity contribution in [3.05, 3.63) is 33.3 Å². The van der Waals surface area contributed by atoms with Crippen LogP contribution in [0.2, 0.25) is 5.02 Å². The fourth-order valence-corrected chi connectivity index (χ4v) is 2.01. The minimum atomic E-state index is -1.05. The molecule has 0 aliphatic heterocycles. The molecule has 0 radical (unpaired) electrons. The minimum Gasteiger partial charge on any atom is -0.491 e. The van der Waals surface area contributed by atoms with E-state index in [2.05, 4.69) is 5.32 Å². The molecule has 0 aromatic heterocycles. The number of nitro groups is 1. The summed E-state index contributed by atoms with van der Waals surface area (Å²) in [5, 5.41) is 13.7. The number of ether oxygens (including phenoxy) is 1. The molecule has 0 bridgehead atoms. The number of nitro benzene ring substituents is 1. The predicted molar refractivity (Wildman–Crippen MR) is 79.5 cm³/mol. The molecule has 1 unspecified atom stereocenters. The van der Waals surface area contributed by atoms with Crippen molar-refractivity contribution in [2.45, 2.75) is 32.4 Å². The highest BCUT2D eigenvalue weighted by Gasteiger charge is 2.32. The molecule has 0 saturated heterocycles. The van der Waals surface area contributed by atoms with Crippen molar-refractivity contribution >= 4 is 23.2 Å². The van der Waals surface area contributed by atoms with Gasteiger partial charge in [0.1, 0.15) is 22.9 Å². The second kappa shape index (κ2) is 6.73. The zero-order chi connectivity index (χ0) is 16.2. The van der Waals surface area contributed by atoms with Gasteiger partial charge in [0.25, 0.3) is 5.69 Å². The highest BCUT2D eigenvalue weighted by molar-refractivity contribution is 6.32. The van der Waals surface area contributed by atoms with Crippen molar-refractivity contribution in [1.82, 2.24) is 5.32 Å². The van der Waals surface area contributed by atoms with E-state index in [1.807, 2.05) is 13.8 Å². The van der Waals surface area contributed by atoms with Crippen molar-refractivity contribution in [2.75, 3.05) is 6.61 Å². The van der Waals surface area contributed by atoms with Gasteiger partial charge < -0.3 is 10.5 Å². The highest BCUT2D eigenvalue weighted by atomic mass is 35.5. The van der Waals surface area contributed by atoms with Gasteiger partial charge in [0, 0.05) is 18.2 Å². The molecule has 0 spiro atoms. The first-order valence-electron chi connectivity index (χ1n) is 6.30. The Kier molecular flexibility index (Phi) is 5.51. The van der Waals surface area contributed by atoms with Crippen molar-refractivity contribution in [3.8, 4) is 5.75 Å². The van der Waals surface area contributed by atoms with E-state index in [-0.39, 0.29) is 23.4 Å². The van der Waals surface area contributed by atoms with Crippen LogP contribution in [0.1, 0.15) is 20.8 Å². The van der Waals surface area contributed by atoms with Gasteiger partial charge in [-0.05, 0) is 26.8 Å². The SMILES string of the molecule is CC(C)NC(C)(COc1ccc([N+](=O)[O-])c(Cl)c1)C(N)=O. The smallest absolute Gasteiger partial charge is 0.288 e. The topological polar surface area (TPSA) is 107 Å². The summed E-state index contributed by atoms with van der Waals surface area (Å²) in [6, 6.07) is 4.03. The van der Waals surface area contributed by atoms with Gasteiger partial charge in [0.05, 0.1) is 4.92 Å². The van der Waals surface area contributed by atoms with E-state index in [1.54, 1.807) is 6.92 Å². The van der Waals surface area contributed by atoms with Crippen LogP contribution in [0.15, 0.2) is 18.2 Å². The predicted octanol–water partition coefficient (Wildman–Crippen LogP) is 1.87. The number of halogens is 1. The maximum atomic E-state index is 11.6. The average molecular weight is 316 g/mol. The summed E-state index contributed by atoms with van der Waals surface area (Å²) in [4.78, 5) is 21.6. The first-order chi connectivity index (χ1) is 9.65. The fraction of sp³-hybridized carbons (Fsp3) is 0.462. The Bertz CT molecular complexity index is 550. The fourth-order valence-electron chi connectivity index (χ4n) is 1.77. The van der Waals surface area contributed by atoms with Gasteiger partial charge in [-0.25, -0.2) is 0 Å². The van der Waals surface area contributed by atoms with E-state index < -0.39 is 16.4 Å². The zero-order valence-corrected chi connectivity index (χ0v) is 12.8. The molecule has 0 saturated carbocycles. The maximum Gasteiger partial charge on any atom is 0.288 e. The van der Waals surface area contributed by atoms with Gasteiger partial charge in [-0.3, -0.25) is 20.2 Å². The number of nitrogens with two attached hydrogens (primary N) is 1. The number of nitrogens with one attached hydrogen (secondary N) is 1. The Hall–Kier alpha value is -1.86. The third kappa shape index (κ3) is 4.57. The molecule has 1 aromatic rings. The molecular formula is C13H18ClN3O4. The Balaban J connectivity index is 2.84. The van der Waals surface area contributed by atoms with Gasteiger partial charge in [0.2, 0.25) is 5.91 Å². The number of hydrogen-bond acceptors (Lipinski definition) is 5. The lowest BCUT2D eigenvalue weighted by molar-refractivity contribution is -0.384. The molecule has 21 heavy (non-hydrogen) atoms. The summed E-state index contributed by atoms with van der Waals surface area (Å²) in [5.41, 5.74) is 4.12. The molecule has 1 atom stereocenters. The quantitative estimate of drug-likeness (QED) is 0.590. The Labute approximate surface area is 127 Å². The molecule has 1 amide bonds. The number of nitrogens with zero attached hydrogens (tertiary/aromatic N) is 1. The molecule has 0 fully saturated rings. The van der Waals surface area contributed by atoms with Crippen LogP contribution in [0.25, 0.3) is 0 Å². The van der Waals surface area contributed by atoms with Crippen LogP contribution in [-0.4, -0.2) is 29.0 Å². The second-order valence-corrected chi connectivity index (χ2v) is 5.56. The molecule has 0 aliphatic rings. The first-order valence-corrected chi connectivity index (χ1v) is 6.68. The van der Waals surface area contributed by atoms with Gasteiger partial charge >= 0.3 is 0 Å². The highest BCUT2D eigenvalue weighted by Crippen LogP contribution is 2.28. The van der Waals surface area contributed by atoms with Crippen LogP contribution in [0.5, 0.6) is 5.75 Å². The summed E-state index contributed by atoms with van der Waals surface area (Å²) in [5.74, 6) is -0.229. The largest absolute Gasteiger partial charge is 0.491 e. The molecular weight excluding hydrogens is 298 g/mol. The normalized spacial score (nSPS) is 13.8. The number of rotatable bonds is 7. The lowest BCUT2D eigenvalue weighted by atomic mass is 10.0. The van der Waals surface area contributed by atoms with Gasteiger partial charge in [-0.2, -0.15) is 0 Å². The van der Waals surface area contributed by atoms with Crippen LogP contribution in [0.4, 0.5) is 5.69 Å². The van der Waals surface area contributed by atoms with E-state index >= 15 is 0 Å². The van der Waals surface area contributed by atoms with Crippen LogP contribution in [0, 0.1) is 10.1 Å². The number of carbonyl (C=O) groups is 1. The van der Waals surface area contributed by atoms with Crippen LogP contribution < -0.4 is 15.8 Å². The summed E-state index contributed by atoms with van der Waals surface area (Å²) in [6.07, 6.45) is 0. The summed E-state index contributed by atoms with van der Waals surface area (Å²) < 4.78 is 5.48. The second-order valence-electron chi connectivity index (χ2n) is 5.15. The molecule has 1 rings (SSSR count). The number of amides is 1. The zero-order valence-electron chi connectivity index (χ0n) is 12.1. The van der Waals surface area contributed by atoms with E-state index in [9.17, 15) is 14.9 Å². The lowest BCUT2D eigenvalue weighted by Gasteiger charge is -2.29. The molecule has 116 valence electrons. The number of benzene rings is 1. The Morgan fingerprint density at radius 1 is 1.57 bits per heavy atom. The molecule has 1 aromatic carbocycles. The number of carbonyl (C=O) groups excluding carboxylic acids is 1. The minimum absolute atomic E-state index is 0.0192. The van der Waals surface area contributed by atoms with E-state index in [0.29, 0.717) is 5.75 Å². The molecule has 8 heteroatoms. The average Bonchev–Trinajstić information content (AvgIpc) is 2.35. The first kappa shape index (κ1) is 17.2. The summed E-state index contributed by atoms with van der Waals surface area (Å²) in [6.45, 7) is 5.37. The van der Waals surface area contributed by atoms with Crippen molar-refractivity contribution in [1.29, 1.82) is 0 Å². The standard InChI is InChI=1S/C13H18ClN3O4/c1-8(2)16-13(3,12(15)18)7-21-9-4-5-11(17(19)20)10(14)6-9/h4-6,8,16H,7H2,1-3H3,(H2,15,18). The maximum absolute atomic E-state index is 11.6. The van der Waals surface area contributed by atoms with Crippen LogP contribution in [0.3, 0.4) is 0 Å². The summed E-state index contributed by atoms with van der Waals surface area (Å²) >= 11 is 5.79. The van der Waals surface area contributed by atoms with E-state index in [0.717, 1.165) is 0 Å². The van der Waals surface area contributed by atoms with Crippen molar-refractivity contribution in [2.24, 2.45) is 5.73 Å². The van der Waals surface area contributed by atoms with Gasteiger partial charge in [0.15, 0.2) is 0 Å². The lowest BCUT2D eigenvalue weighted by Crippen LogP contribution is -2.59. The molecule has 0 heterocycles. The molecule has 3 N–H and O–H groups in total. The third-order valence-corrected chi connectivity index (χ3v) is 3.10. The van der Waals surface area contributed by atoms with Crippen LogP contribution in [-0.2, 0) is 4.79 Å². The van der Waals surface area contributed by atoms with Crippen molar-refractivity contribution < 1.29 is 14.5 Å².